The number of hydrogen-bond acceptors (Lipinski definition) is 8. The van der Waals surface area contributed by atoms with E-state index in [0.29, 0.717) is 13.0 Å². The average Bonchev–Trinajstić information content (AvgIpc) is 2.77. The van der Waals surface area contributed by atoms with E-state index in [0.717, 1.165) is 0 Å². The van der Waals surface area contributed by atoms with E-state index in [1.54, 1.807) is 6.92 Å². The SMILES string of the molecule is CC[C@H]1OC(C)[C@H](O)C1OP(=O)(O)OCCOCCOCCO. The van der Waals surface area contributed by atoms with Gasteiger partial charge in [0.05, 0.1) is 51.8 Å². The van der Waals surface area contributed by atoms with Gasteiger partial charge in [-0.2, -0.15) is 0 Å². The molecule has 3 unspecified atom stereocenters. The second-order valence-corrected chi connectivity index (χ2v) is 6.50. The molecule has 1 saturated heterocycles. The van der Waals surface area contributed by atoms with Crippen molar-refractivity contribution in [2.24, 2.45) is 0 Å². The van der Waals surface area contributed by atoms with Gasteiger partial charge in [-0.3, -0.25) is 9.05 Å². The van der Waals surface area contributed by atoms with Gasteiger partial charge in [-0.15, -0.1) is 0 Å². The minimum atomic E-state index is -4.31. The molecule has 0 aliphatic carbocycles. The van der Waals surface area contributed by atoms with Crippen molar-refractivity contribution in [1.82, 2.24) is 0 Å². The first kappa shape index (κ1) is 21.0. The smallest absolute Gasteiger partial charge is 0.394 e. The van der Waals surface area contributed by atoms with Crippen molar-refractivity contribution in [3.05, 3.63) is 0 Å². The molecule has 138 valence electrons. The van der Waals surface area contributed by atoms with Crippen LogP contribution < -0.4 is 0 Å². The molecule has 0 aromatic rings. The topological polar surface area (TPSA) is 124 Å². The van der Waals surface area contributed by atoms with Gasteiger partial charge in [0.1, 0.15) is 12.2 Å². The second-order valence-electron chi connectivity index (χ2n) is 5.10. The van der Waals surface area contributed by atoms with Crippen molar-refractivity contribution < 1.29 is 42.9 Å². The minimum Gasteiger partial charge on any atom is -0.394 e. The van der Waals surface area contributed by atoms with Gasteiger partial charge in [0.15, 0.2) is 0 Å². The Balaban J connectivity index is 2.24. The molecular weight excluding hydrogens is 331 g/mol. The molecule has 1 rings (SSSR count). The number of ether oxygens (including phenoxy) is 3. The van der Waals surface area contributed by atoms with Crippen molar-refractivity contribution >= 4 is 7.82 Å². The molecule has 1 aliphatic heterocycles. The highest BCUT2D eigenvalue weighted by atomic mass is 31.2. The summed E-state index contributed by atoms with van der Waals surface area (Å²) >= 11 is 0. The summed E-state index contributed by atoms with van der Waals surface area (Å²) in [6, 6.07) is 0. The number of rotatable bonds is 12. The highest BCUT2D eigenvalue weighted by molar-refractivity contribution is 7.47. The highest BCUT2D eigenvalue weighted by Gasteiger charge is 2.45. The minimum absolute atomic E-state index is 0.0533. The van der Waals surface area contributed by atoms with Crippen LogP contribution in [0.5, 0.6) is 0 Å². The van der Waals surface area contributed by atoms with Crippen LogP contribution in [-0.2, 0) is 27.8 Å². The summed E-state index contributed by atoms with van der Waals surface area (Å²) in [6.45, 7) is 4.25. The normalized spacial score (nSPS) is 30.5. The number of phosphoric acid groups is 1. The standard InChI is InChI=1S/C13H27O9P/c1-3-11-13(12(15)10(2)21-11)22-23(16,17)20-9-8-19-7-6-18-5-4-14/h10-15H,3-9H2,1-2H3,(H,16,17)/t10?,11-,12+,13?/m1/s1. The van der Waals surface area contributed by atoms with Crippen molar-refractivity contribution in [2.75, 3.05) is 39.6 Å². The van der Waals surface area contributed by atoms with Gasteiger partial charge >= 0.3 is 7.82 Å². The largest absolute Gasteiger partial charge is 0.472 e. The van der Waals surface area contributed by atoms with Crippen molar-refractivity contribution in [2.45, 2.75) is 44.7 Å². The van der Waals surface area contributed by atoms with Crippen LogP contribution in [0.25, 0.3) is 0 Å². The maximum atomic E-state index is 11.9. The fourth-order valence-electron chi connectivity index (χ4n) is 2.16. The Morgan fingerprint density at radius 2 is 1.74 bits per heavy atom. The van der Waals surface area contributed by atoms with E-state index in [9.17, 15) is 14.6 Å². The van der Waals surface area contributed by atoms with E-state index in [4.69, 9.17) is 28.4 Å². The molecule has 1 aliphatic rings. The molecule has 10 heteroatoms. The summed E-state index contributed by atoms with van der Waals surface area (Å²) in [6.07, 6.45) is -2.26. The molecule has 1 fully saturated rings. The zero-order valence-corrected chi connectivity index (χ0v) is 14.4. The Labute approximate surface area is 136 Å². The van der Waals surface area contributed by atoms with E-state index < -0.39 is 32.2 Å². The lowest BCUT2D eigenvalue weighted by atomic mass is 10.1. The Hall–Kier alpha value is -0.0900. The summed E-state index contributed by atoms with van der Waals surface area (Å²) in [4.78, 5) is 9.70. The summed E-state index contributed by atoms with van der Waals surface area (Å²) in [5.41, 5.74) is 0. The molecule has 0 saturated carbocycles. The zero-order valence-electron chi connectivity index (χ0n) is 13.5. The van der Waals surface area contributed by atoms with Crippen LogP contribution >= 0.6 is 7.82 Å². The average molecular weight is 358 g/mol. The van der Waals surface area contributed by atoms with E-state index in [-0.39, 0.29) is 33.0 Å². The quantitative estimate of drug-likeness (QED) is 0.328. The third-order valence-corrected chi connectivity index (χ3v) is 4.34. The van der Waals surface area contributed by atoms with Crippen LogP contribution in [0.3, 0.4) is 0 Å². The third kappa shape index (κ3) is 7.55. The molecule has 0 radical (unpaired) electrons. The molecule has 0 spiro atoms. The van der Waals surface area contributed by atoms with Gasteiger partial charge in [-0.25, -0.2) is 4.57 Å². The van der Waals surface area contributed by atoms with Crippen LogP contribution in [0.2, 0.25) is 0 Å². The van der Waals surface area contributed by atoms with Crippen LogP contribution in [0.1, 0.15) is 20.3 Å². The molecule has 0 bridgehead atoms. The predicted octanol–water partition coefficient (Wildman–Crippen LogP) is 0.0723. The van der Waals surface area contributed by atoms with E-state index >= 15 is 0 Å². The molecular formula is C13H27O9P. The van der Waals surface area contributed by atoms with Crippen LogP contribution in [0.15, 0.2) is 0 Å². The second kappa shape index (κ2) is 10.7. The van der Waals surface area contributed by atoms with Gasteiger partial charge in [0.2, 0.25) is 0 Å². The van der Waals surface area contributed by atoms with E-state index in [2.05, 4.69) is 0 Å². The van der Waals surface area contributed by atoms with Crippen LogP contribution in [0.4, 0.5) is 0 Å². The van der Waals surface area contributed by atoms with Gasteiger partial charge in [-0.05, 0) is 13.3 Å². The lowest BCUT2D eigenvalue weighted by Gasteiger charge is -2.22. The monoisotopic (exact) mass is 358 g/mol. The Morgan fingerprint density at radius 3 is 2.35 bits per heavy atom. The Morgan fingerprint density at radius 1 is 1.13 bits per heavy atom. The molecule has 3 N–H and O–H groups in total. The summed E-state index contributed by atoms with van der Waals surface area (Å²) in [7, 11) is -4.31. The predicted molar refractivity (Wildman–Crippen MR) is 80.0 cm³/mol. The summed E-state index contributed by atoms with van der Waals surface area (Å²) < 4.78 is 37.3. The lowest BCUT2D eigenvalue weighted by Crippen LogP contribution is -2.33. The van der Waals surface area contributed by atoms with Gasteiger partial charge in [0, 0.05) is 0 Å². The van der Waals surface area contributed by atoms with Gasteiger partial charge in [-0.1, -0.05) is 6.92 Å². The fourth-order valence-corrected chi connectivity index (χ4v) is 3.10. The summed E-state index contributed by atoms with van der Waals surface area (Å²) in [5.74, 6) is 0. The molecule has 5 atom stereocenters. The van der Waals surface area contributed by atoms with Crippen molar-refractivity contribution in [3.63, 3.8) is 0 Å². The molecule has 9 nitrogen and oxygen atoms in total. The van der Waals surface area contributed by atoms with Crippen molar-refractivity contribution in [3.8, 4) is 0 Å². The molecule has 0 aromatic carbocycles. The highest BCUT2D eigenvalue weighted by Crippen LogP contribution is 2.47. The third-order valence-electron chi connectivity index (χ3n) is 3.32. The molecule has 0 aromatic heterocycles. The first-order valence-corrected chi connectivity index (χ1v) is 9.16. The summed E-state index contributed by atoms with van der Waals surface area (Å²) in [5, 5.41) is 18.4. The Bertz CT molecular complexity index is 367. The zero-order chi connectivity index (χ0) is 17.3. The number of aliphatic hydroxyl groups is 2. The number of aliphatic hydroxyl groups excluding tert-OH is 2. The molecule has 23 heavy (non-hydrogen) atoms. The molecule has 1 heterocycles. The Kier molecular flexibility index (Phi) is 9.76. The lowest BCUT2D eigenvalue weighted by molar-refractivity contribution is -0.00239. The molecule has 0 amide bonds. The van der Waals surface area contributed by atoms with Gasteiger partial charge < -0.3 is 29.3 Å². The van der Waals surface area contributed by atoms with Crippen LogP contribution in [0, 0.1) is 0 Å². The first-order valence-electron chi connectivity index (χ1n) is 7.67. The maximum Gasteiger partial charge on any atom is 0.472 e. The van der Waals surface area contributed by atoms with Gasteiger partial charge in [0.25, 0.3) is 0 Å². The first-order chi connectivity index (χ1) is 10.9. The maximum absolute atomic E-state index is 11.9. The van der Waals surface area contributed by atoms with Crippen LogP contribution in [-0.4, -0.2) is 79.2 Å². The number of phosphoric ester groups is 1. The fraction of sp³-hybridized carbons (Fsp3) is 1.00. The van der Waals surface area contributed by atoms with E-state index in [1.165, 1.54) is 0 Å². The van der Waals surface area contributed by atoms with E-state index in [1.807, 2.05) is 6.92 Å². The van der Waals surface area contributed by atoms with Crippen molar-refractivity contribution in [1.29, 1.82) is 0 Å². The number of hydrogen-bond donors (Lipinski definition) is 3.